The number of nitrogens with zero attached hydrogens (tertiary/aromatic N) is 1. The lowest BCUT2D eigenvalue weighted by atomic mass is 9.95. The van der Waals surface area contributed by atoms with Gasteiger partial charge in [0.1, 0.15) is 11.1 Å². The Morgan fingerprint density at radius 1 is 1.35 bits per heavy atom. The number of rotatable bonds is 10. The zero-order valence-electron chi connectivity index (χ0n) is 16.2. The van der Waals surface area contributed by atoms with Crippen LogP contribution in [0, 0.1) is 11.8 Å². The van der Waals surface area contributed by atoms with E-state index < -0.39 is 18.1 Å². The van der Waals surface area contributed by atoms with Gasteiger partial charge in [0.2, 0.25) is 5.91 Å². The highest BCUT2D eigenvalue weighted by molar-refractivity contribution is 7.09. The van der Waals surface area contributed by atoms with Gasteiger partial charge in [-0.25, -0.2) is 9.78 Å². The molecular weight excluding hydrogens is 354 g/mol. The van der Waals surface area contributed by atoms with Gasteiger partial charge in [-0.1, -0.05) is 34.1 Å². The second kappa shape index (κ2) is 10.6. The Labute approximate surface area is 159 Å². The highest BCUT2D eigenvalue weighted by Crippen LogP contribution is 2.25. The van der Waals surface area contributed by atoms with Crippen LogP contribution in [0.4, 0.5) is 0 Å². The first-order chi connectivity index (χ1) is 12.2. The van der Waals surface area contributed by atoms with Gasteiger partial charge in [0.15, 0.2) is 5.69 Å². The van der Waals surface area contributed by atoms with Crippen LogP contribution >= 0.6 is 11.3 Å². The number of hydrogen-bond donors (Lipinski definition) is 3. The molecule has 1 unspecified atom stereocenters. The maximum absolute atomic E-state index is 12.3. The van der Waals surface area contributed by atoms with Crippen LogP contribution in [0.2, 0.25) is 0 Å². The predicted molar refractivity (Wildman–Crippen MR) is 102 cm³/mol. The standard InChI is InChI=1S/C18H31N3O4S/c1-6-11(5)15(19)16(23)20-12(10(3)4)8-14(22)17-21-13(9-26-17)18(24)25-7-2/h9-12,14-15,22H,6-8,19H2,1-5H3,(H,20,23)/t11-,12?,14+,15-/m0/s1. The van der Waals surface area contributed by atoms with Gasteiger partial charge in [-0.15, -0.1) is 11.3 Å². The van der Waals surface area contributed by atoms with Gasteiger partial charge in [0.05, 0.1) is 12.6 Å². The maximum atomic E-state index is 12.3. The number of hydrogen-bond acceptors (Lipinski definition) is 7. The van der Waals surface area contributed by atoms with Gasteiger partial charge >= 0.3 is 5.97 Å². The Hall–Kier alpha value is -1.51. The molecule has 8 heteroatoms. The molecule has 0 saturated carbocycles. The van der Waals surface area contributed by atoms with Crippen molar-refractivity contribution in [1.82, 2.24) is 10.3 Å². The number of carbonyl (C=O) groups excluding carboxylic acids is 2. The van der Waals surface area contributed by atoms with E-state index in [0.717, 1.165) is 6.42 Å². The Bertz CT molecular complexity index is 591. The minimum Gasteiger partial charge on any atom is -0.461 e. The maximum Gasteiger partial charge on any atom is 0.357 e. The summed E-state index contributed by atoms with van der Waals surface area (Å²) < 4.78 is 4.90. The largest absolute Gasteiger partial charge is 0.461 e. The number of amides is 1. The number of aliphatic hydroxyl groups is 1. The number of ether oxygens (including phenoxy) is 1. The van der Waals surface area contributed by atoms with Gasteiger partial charge in [0.25, 0.3) is 0 Å². The third kappa shape index (κ3) is 6.34. The number of nitrogens with two attached hydrogens (primary N) is 1. The second-order valence-electron chi connectivity index (χ2n) is 6.81. The lowest BCUT2D eigenvalue weighted by molar-refractivity contribution is -0.124. The number of thiazole rings is 1. The van der Waals surface area contributed by atoms with Crippen LogP contribution in [-0.4, -0.2) is 40.7 Å². The molecule has 0 aromatic carbocycles. The molecular formula is C18H31N3O4S. The summed E-state index contributed by atoms with van der Waals surface area (Å²) in [6.45, 7) is 9.86. The van der Waals surface area contributed by atoms with Crippen LogP contribution in [0.25, 0.3) is 0 Å². The molecule has 26 heavy (non-hydrogen) atoms. The summed E-state index contributed by atoms with van der Waals surface area (Å²) in [5, 5.41) is 15.4. The van der Waals surface area contributed by atoms with Crippen molar-refractivity contribution in [2.45, 2.75) is 65.6 Å². The van der Waals surface area contributed by atoms with Crippen LogP contribution in [0.5, 0.6) is 0 Å². The molecule has 0 aliphatic carbocycles. The Morgan fingerprint density at radius 2 is 2.00 bits per heavy atom. The topological polar surface area (TPSA) is 115 Å². The molecule has 148 valence electrons. The molecule has 1 rings (SSSR count). The minimum atomic E-state index is -0.879. The summed E-state index contributed by atoms with van der Waals surface area (Å²) in [4.78, 5) is 28.2. The van der Waals surface area contributed by atoms with E-state index in [-0.39, 0.29) is 36.1 Å². The van der Waals surface area contributed by atoms with Gasteiger partial charge in [-0.2, -0.15) is 0 Å². The van der Waals surface area contributed by atoms with Gasteiger partial charge in [0, 0.05) is 17.8 Å². The Balaban J connectivity index is 2.75. The highest BCUT2D eigenvalue weighted by Gasteiger charge is 2.27. The van der Waals surface area contributed by atoms with Gasteiger partial charge in [-0.05, 0) is 18.8 Å². The normalized spacial score (nSPS) is 16.0. The summed E-state index contributed by atoms with van der Waals surface area (Å²) in [6, 6.07) is -0.823. The van der Waals surface area contributed by atoms with Crippen LogP contribution in [0.15, 0.2) is 5.38 Å². The number of aliphatic hydroxyl groups excluding tert-OH is 1. The van der Waals surface area contributed by atoms with Crippen molar-refractivity contribution in [3.05, 3.63) is 16.1 Å². The van der Waals surface area contributed by atoms with Crippen LogP contribution in [0.3, 0.4) is 0 Å². The zero-order valence-corrected chi connectivity index (χ0v) is 17.0. The van der Waals surface area contributed by atoms with Crippen molar-refractivity contribution >= 4 is 23.2 Å². The molecule has 0 saturated heterocycles. The van der Waals surface area contributed by atoms with Crippen molar-refractivity contribution in [1.29, 1.82) is 0 Å². The number of carbonyl (C=O) groups is 2. The average molecular weight is 386 g/mol. The minimum absolute atomic E-state index is 0.0823. The molecule has 0 fully saturated rings. The molecule has 7 nitrogen and oxygen atoms in total. The zero-order chi connectivity index (χ0) is 19.9. The lowest BCUT2D eigenvalue weighted by Crippen LogP contribution is -2.50. The van der Waals surface area contributed by atoms with Crippen LogP contribution in [-0.2, 0) is 9.53 Å². The van der Waals surface area contributed by atoms with E-state index in [9.17, 15) is 14.7 Å². The van der Waals surface area contributed by atoms with E-state index in [1.165, 1.54) is 11.3 Å². The molecule has 1 amide bonds. The van der Waals surface area contributed by atoms with E-state index >= 15 is 0 Å². The SMILES string of the molecule is CCOC(=O)c1csc([C@H](O)CC(NC(=O)[C@@H](N)[C@@H](C)CC)C(C)C)n1. The van der Waals surface area contributed by atoms with Crippen molar-refractivity contribution in [3.63, 3.8) is 0 Å². The van der Waals surface area contributed by atoms with Gasteiger partial charge in [-0.3, -0.25) is 4.79 Å². The summed E-state index contributed by atoms with van der Waals surface area (Å²) in [6.07, 6.45) is 0.238. The molecule has 1 aromatic heterocycles. The highest BCUT2D eigenvalue weighted by atomic mass is 32.1. The first kappa shape index (κ1) is 22.5. The summed E-state index contributed by atoms with van der Waals surface area (Å²) >= 11 is 1.20. The molecule has 1 heterocycles. The van der Waals surface area contributed by atoms with E-state index in [1.807, 2.05) is 27.7 Å². The van der Waals surface area contributed by atoms with Crippen molar-refractivity contribution in [3.8, 4) is 0 Å². The van der Waals surface area contributed by atoms with Gasteiger partial charge < -0.3 is 20.9 Å². The van der Waals surface area contributed by atoms with E-state index in [4.69, 9.17) is 10.5 Å². The Kier molecular flexibility index (Phi) is 9.18. The fourth-order valence-electron chi connectivity index (χ4n) is 2.37. The summed E-state index contributed by atoms with van der Waals surface area (Å²) in [5.41, 5.74) is 6.18. The van der Waals surface area contributed by atoms with Crippen molar-refractivity contribution in [2.75, 3.05) is 6.61 Å². The predicted octanol–water partition coefficient (Wildman–Crippen LogP) is 2.26. The average Bonchev–Trinajstić information content (AvgIpc) is 3.10. The first-order valence-electron chi connectivity index (χ1n) is 9.07. The van der Waals surface area contributed by atoms with Crippen LogP contribution < -0.4 is 11.1 Å². The molecule has 0 bridgehead atoms. The molecule has 0 radical (unpaired) electrons. The molecule has 0 aliphatic heterocycles. The molecule has 4 atom stereocenters. The summed E-state index contributed by atoms with van der Waals surface area (Å²) in [7, 11) is 0. The monoisotopic (exact) mass is 385 g/mol. The number of esters is 1. The quantitative estimate of drug-likeness (QED) is 0.532. The number of nitrogens with one attached hydrogen (secondary N) is 1. The fraction of sp³-hybridized carbons (Fsp3) is 0.722. The second-order valence-corrected chi connectivity index (χ2v) is 7.70. The molecule has 1 aromatic rings. The smallest absolute Gasteiger partial charge is 0.357 e. The number of aromatic nitrogens is 1. The van der Waals surface area contributed by atoms with Crippen LogP contribution in [0.1, 0.15) is 69.1 Å². The lowest BCUT2D eigenvalue weighted by Gasteiger charge is -2.27. The van der Waals surface area contributed by atoms with Crippen molar-refractivity contribution in [2.24, 2.45) is 17.6 Å². The molecule has 0 spiro atoms. The van der Waals surface area contributed by atoms with Crippen molar-refractivity contribution < 1.29 is 19.4 Å². The van der Waals surface area contributed by atoms with E-state index in [0.29, 0.717) is 11.4 Å². The third-order valence-electron chi connectivity index (χ3n) is 4.46. The van der Waals surface area contributed by atoms with E-state index in [2.05, 4.69) is 10.3 Å². The molecule has 4 N–H and O–H groups in total. The molecule has 0 aliphatic rings. The first-order valence-corrected chi connectivity index (χ1v) is 9.95. The van der Waals surface area contributed by atoms with E-state index in [1.54, 1.807) is 12.3 Å². The fourth-order valence-corrected chi connectivity index (χ4v) is 3.16. The Morgan fingerprint density at radius 3 is 2.54 bits per heavy atom. The summed E-state index contributed by atoms with van der Waals surface area (Å²) in [5.74, 6) is -0.520. The third-order valence-corrected chi connectivity index (χ3v) is 5.41.